The van der Waals surface area contributed by atoms with E-state index in [1.54, 1.807) is 13.2 Å². The molecule has 0 fully saturated rings. The molecule has 28 heavy (non-hydrogen) atoms. The van der Waals surface area contributed by atoms with E-state index in [-0.39, 0.29) is 5.57 Å². The number of fused-ring (bicyclic) bond motifs is 1. The summed E-state index contributed by atoms with van der Waals surface area (Å²) in [6.45, 7) is 5.91. The van der Waals surface area contributed by atoms with Crippen LogP contribution in [0.25, 0.3) is 16.8 Å². The quantitative estimate of drug-likeness (QED) is 0.499. The zero-order chi connectivity index (χ0) is 20.3. The molecule has 0 spiro atoms. The third-order valence-corrected chi connectivity index (χ3v) is 4.66. The Morgan fingerprint density at radius 3 is 2.29 bits per heavy atom. The van der Waals surface area contributed by atoms with Gasteiger partial charge in [-0.3, -0.25) is 4.79 Å². The topological polar surface area (TPSA) is 62.1 Å². The molecule has 0 aromatic heterocycles. The van der Waals surface area contributed by atoms with Crippen LogP contribution in [0.1, 0.15) is 22.3 Å². The number of nitriles is 1. The lowest BCUT2D eigenvalue weighted by Crippen LogP contribution is -2.15. The van der Waals surface area contributed by atoms with Gasteiger partial charge in [0.05, 0.1) is 7.11 Å². The molecule has 1 amide bonds. The average Bonchev–Trinajstić information content (AvgIpc) is 2.68. The molecule has 0 radical (unpaired) electrons. The molecule has 0 atom stereocenters. The number of benzene rings is 3. The highest BCUT2D eigenvalue weighted by atomic mass is 16.5. The highest BCUT2D eigenvalue weighted by molar-refractivity contribution is 6.10. The maximum atomic E-state index is 12.7. The van der Waals surface area contributed by atoms with Gasteiger partial charge in [0.1, 0.15) is 17.4 Å². The largest absolute Gasteiger partial charge is 0.497 e. The van der Waals surface area contributed by atoms with Crippen LogP contribution in [0.3, 0.4) is 0 Å². The van der Waals surface area contributed by atoms with Gasteiger partial charge in [0.2, 0.25) is 0 Å². The summed E-state index contributed by atoms with van der Waals surface area (Å²) in [6, 6.07) is 17.6. The summed E-state index contributed by atoms with van der Waals surface area (Å²) in [4.78, 5) is 12.7. The van der Waals surface area contributed by atoms with E-state index in [9.17, 15) is 10.1 Å². The summed E-state index contributed by atoms with van der Waals surface area (Å²) in [5, 5.41) is 14.4. The van der Waals surface area contributed by atoms with Crippen LogP contribution in [0.5, 0.6) is 5.75 Å². The van der Waals surface area contributed by atoms with Gasteiger partial charge in [0.25, 0.3) is 5.91 Å². The molecule has 1 N–H and O–H groups in total. The van der Waals surface area contributed by atoms with Gasteiger partial charge in [0.15, 0.2) is 0 Å². The van der Waals surface area contributed by atoms with E-state index in [4.69, 9.17) is 4.74 Å². The van der Waals surface area contributed by atoms with Crippen molar-refractivity contribution in [3.8, 4) is 11.8 Å². The van der Waals surface area contributed by atoms with Crippen molar-refractivity contribution in [1.82, 2.24) is 0 Å². The molecule has 0 saturated carbocycles. The molecule has 3 rings (SSSR count). The van der Waals surface area contributed by atoms with Crippen molar-refractivity contribution in [1.29, 1.82) is 5.26 Å². The van der Waals surface area contributed by atoms with Crippen LogP contribution in [0.15, 0.2) is 54.1 Å². The van der Waals surface area contributed by atoms with Crippen molar-refractivity contribution < 1.29 is 9.53 Å². The first kappa shape index (κ1) is 19.2. The summed E-state index contributed by atoms with van der Waals surface area (Å²) in [7, 11) is 1.63. The van der Waals surface area contributed by atoms with Gasteiger partial charge in [-0.25, -0.2) is 0 Å². The zero-order valence-electron chi connectivity index (χ0n) is 16.5. The lowest BCUT2D eigenvalue weighted by molar-refractivity contribution is -0.112. The van der Waals surface area contributed by atoms with Crippen LogP contribution >= 0.6 is 0 Å². The first-order valence-electron chi connectivity index (χ1n) is 9.00. The Labute approximate surface area is 165 Å². The SMILES string of the molecule is COc1ccc2cc(/C=C(\C#N)C(=O)Nc3c(C)cc(C)cc3C)ccc2c1. The number of amides is 1. The number of ether oxygens (including phenoxy) is 1. The minimum absolute atomic E-state index is 0.0623. The Kier molecular flexibility index (Phi) is 5.47. The number of anilines is 1. The van der Waals surface area contributed by atoms with Crippen molar-refractivity contribution in [3.63, 3.8) is 0 Å². The van der Waals surface area contributed by atoms with Crippen molar-refractivity contribution in [3.05, 3.63) is 76.4 Å². The second-order valence-corrected chi connectivity index (χ2v) is 6.87. The third-order valence-electron chi connectivity index (χ3n) is 4.66. The lowest BCUT2D eigenvalue weighted by Gasteiger charge is -2.12. The number of aryl methyl sites for hydroxylation is 3. The zero-order valence-corrected chi connectivity index (χ0v) is 16.5. The number of nitrogens with one attached hydrogen (secondary N) is 1. The molecule has 0 aliphatic heterocycles. The van der Waals surface area contributed by atoms with Crippen molar-refractivity contribution in [2.75, 3.05) is 12.4 Å². The fraction of sp³-hybridized carbons (Fsp3) is 0.167. The molecule has 0 aliphatic carbocycles. The molecule has 4 heteroatoms. The minimum Gasteiger partial charge on any atom is -0.497 e. The van der Waals surface area contributed by atoms with Crippen LogP contribution < -0.4 is 10.1 Å². The van der Waals surface area contributed by atoms with E-state index >= 15 is 0 Å². The first-order valence-corrected chi connectivity index (χ1v) is 9.00. The van der Waals surface area contributed by atoms with Crippen molar-refractivity contribution >= 4 is 28.4 Å². The number of carbonyl (C=O) groups is 1. The molecule has 0 saturated heterocycles. The van der Waals surface area contributed by atoms with Gasteiger partial charge >= 0.3 is 0 Å². The van der Waals surface area contributed by atoms with E-state index in [0.717, 1.165) is 44.5 Å². The minimum atomic E-state index is -0.410. The highest BCUT2D eigenvalue weighted by Crippen LogP contribution is 2.24. The Morgan fingerprint density at radius 1 is 1.00 bits per heavy atom. The monoisotopic (exact) mass is 370 g/mol. The predicted octanol–water partition coefficient (Wildman–Crippen LogP) is 5.32. The molecular weight excluding hydrogens is 348 g/mol. The van der Waals surface area contributed by atoms with Crippen molar-refractivity contribution in [2.45, 2.75) is 20.8 Å². The molecule has 0 heterocycles. The van der Waals surface area contributed by atoms with Gasteiger partial charge in [-0.1, -0.05) is 35.9 Å². The smallest absolute Gasteiger partial charge is 0.266 e. The van der Waals surface area contributed by atoms with Crippen molar-refractivity contribution in [2.24, 2.45) is 0 Å². The normalized spacial score (nSPS) is 11.2. The fourth-order valence-electron chi connectivity index (χ4n) is 3.33. The Morgan fingerprint density at radius 2 is 1.64 bits per heavy atom. The summed E-state index contributed by atoms with van der Waals surface area (Å²) >= 11 is 0. The molecule has 3 aromatic carbocycles. The number of hydrogen-bond donors (Lipinski definition) is 1. The van der Waals surface area contributed by atoms with Gasteiger partial charge in [-0.2, -0.15) is 5.26 Å². The van der Waals surface area contributed by atoms with E-state index in [1.165, 1.54) is 0 Å². The number of methoxy groups -OCH3 is 1. The summed E-state index contributed by atoms with van der Waals surface area (Å²) in [5.74, 6) is 0.379. The first-order chi connectivity index (χ1) is 13.4. The summed E-state index contributed by atoms with van der Waals surface area (Å²) < 4.78 is 5.24. The number of hydrogen-bond acceptors (Lipinski definition) is 3. The van der Waals surface area contributed by atoms with Crippen LogP contribution in [-0.4, -0.2) is 13.0 Å². The maximum absolute atomic E-state index is 12.7. The molecule has 3 aromatic rings. The van der Waals surface area contributed by atoms with Gasteiger partial charge in [-0.05, 0) is 72.5 Å². The summed E-state index contributed by atoms with van der Waals surface area (Å²) in [6.07, 6.45) is 1.61. The van der Waals surface area contributed by atoms with Crippen LogP contribution in [-0.2, 0) is 4.79 Å². The molecule has 0 unspecified atom stereocenters. The number of nitrogens with zero attached hydrogens (tertiary/aromatic N) is 1. The molecule has 140 valence electrons. The van der Waals surface area contributed by atoms with Gasteiger partial charge < -0.3 is 10.1 Å². The molecule has 4 nitrogen and oxygen atoms in total. The van der Waals surface area contributed by atoms with E-state index in [0.29, 0.717) is 0 Å². The Bertz CT molecular complexity index is 1110. The lowest BCUT2D eigenvalue weighted by atomic mass is 10.0. The summed E-state index contributed by atoms with van der Waals surface area (Å²) in [5.41, 5.74) is 4.69. The van der Waals surface area contributed by atoms with Crippen LogP contribution in [0.4, 0.5) is 5.69 Å². The second kappa shape index (κ2) is 7.98. The number of rotatable bonds is 4. The highest BCUT2D eigenvalue weighted by Gasteiger charge is 2.13. The second-order valence-electron chi connectivity index (χ2n) is 6.87. The molecule has 0 bridgehead atoms. The van der Waals surface area contributed by atoms with E-state index in [1.807, 2.05) is 75.4 Å². The average molecular weight is 370 g/mol. The van der Waals surface area contributed by atoms with Crippen LogP contribution in [0.2, 0.25) is 0 Å². The van der Waals surface area contributed by atoms with Gasteiger partial charge in [0, 0.05) is 5.69 Å². The van der Waals surface area contributed by atoms with E-state index < -0.39 is 5.91 Å². The fourth-order valence-corrected chi connectivity index (χ4v) is 3.33. The van der Waals surface area contributed by atoms with Crippen LogP contribution in [0, 0.1) is 32.1 Å². The Hall–Kier alpha value is -3.58. The van der Waals surface area contributed by atoms with E-state index in [2.05, 4.69) is 5.32 Å². The third kappa shape index (κ3) is 4.05. The standard InChI is InChI=1S/C24H22N2O2/c1-15-9-16(2)23(17(3)10-15)26-24(27)21(14-25)12-18-5-6-20-13-22(28-4)8-7-19(20)11-18/h5-13H,1-4H3,(H,26,27)/b21-12+. The Balaban J connectivity index is 1.90. The number of carbonyl (C=O) groups excluding carboxylic acids is 1. The van der Waals surface area contributed by atoms with Gasteiger partial charge in [-0.15, -0.1) is 0 Å². The predicted molar refractivity (Wildman–Crippen MR) is 113 cm³/mol. The molecule has 0 aliphatic rings. The molecular formula is C24H22N2O2. The maximum Gasteiger partial charge on any atom is 0.266 e.